The van der Waals surface area contributed by atoms with Crippen LogP contribution in [0, 0.1) is 11.8 Å². The van der Waals surface area contributed by atoms with Crippen LogP contribution < -0.4 is 5.32 Å². The van der Waals surface area contributed by atoms with Crippen LogP contribution in [0.3, 0.4) is 0 Å². The van der Waals surface area contributed by atoms with E-state index in [1.165, 1.54) is 0 Å². The van der Waals surface area contributed by atoms with E-state index in [4.69, 9.17) is 11.6 Å². The number of amides is 1. The minimum absolute atomic E-state index is 0.228. The first-order valence-corrected chi connectivity index (χ1v) is 6.83. The van der Waals surface area contributed by atoms with Crippen LogP contribution in [0.25, 0.3) is 0 Å². The van der Waals surface area contributed by atoms with Gasteiger partial charge in [-0.15, -0.1) is 0 Å². The van der Waals surface area contributed by atoms with Gasteiger partial charge in [0.2, 0.25) is 5.91 Å². The molecular formula is C14H17ClN2O. The topological polar surface area (TPSA) is 32.3 Å². The van der Waals surface area contributed by atoms with Gasteiger partial charge in [-0.3, -0.25) is 4.79 Å². The number of likely N-dealkylation sites (tertiary alicyclic amines) is 1. The average molecular weight is 265 g/mol. The van der Waals surface area contributed by atoms with Crippen molar-refractivity contribution in [1.29, 1.82) is 0 Å². The predicted octanol–water partition coefficient (Wildman–Crippen LogP) is 1.56. The predicted molar refractivity (Wildman–Crippen MR) is 71.6 cm³/mol. The summed E-state index contributed by atoms with van der Waals surface area (Å²) in [4.78, 5) is 14.2. The summed E-state index contributed by atoms with van der Waals surface area (Å²) < 4.78 is 0. The van der Waals surface area contributed by atoms with Crippen LogP contribution in [0.5, 0.6) is 0 Å². The molecule has 1 aromatic carbocycles. The largest absolute Gasteiger partial charge is 0.342 e. The number of carbonyl (C=O) groups excluding carboxylic acids is 1. The average Bonchev–Trinajstić information content (AvgIpc) is 2.88. The van der Waals surface area contributed by atoms with Crippen LogP contribution in [0.2, 0.25) is 5.02 Å². The maximum atomic E-state index is 12.2. The van der Waals surface area contributed by atoms with Gasteiger partial charge in [-0.05, 0) is 29.5 Å². The Balaban J connectivity index is 1.62. The number of benzene rings is 1. The lowest BCUT2D eigenvalue weighted by molar-refractivity contribution is -0.129. The first kappa shape index (κ1) is 12.0. The second-order valence-corrected chi connectivity index (χ2v) is 5.72. The molecule has 0 aliphatic carbocycles. The fraction of sp³-hybridized carbons (Fsp3) is 0.500. The number of fused-ring (bicyclic) bond motifs is 1. The zero-order chi connectivity index (χ0) is 12.5. The van der Waals surface area contributed by atoms with E-state index >= 15 is 0 Å². The van der Waals surface area contributed by atoms with Crippen LogP contribution in [0.1, 0.15) is 5.56 Å². The Morgan fingerprint density at radius 3 is 2.72 bits per heavy atom. The molecule has 18 heavy (non-hydrogen) atoms. The van der Waals surface area contributed by atoms with Gasteiger partial charge >= 0.3 is 0 Å². The molecule has 2 saturated heterocycles. The van der Waals surface area contributed by atoms with Crippen LogP contribution in [0.15, 0.2) is 24.3 Å². The summed E-state index contributed by atoms with van der Waals surface area (Å²) in [6.07, 6.45) is 0.466. The Hall–Kier alpha value is -1.06. The Kier molecular flexibility index (Phi) is 3.27. The van der Waals surface area contributed by atoms with Gasteiger partial charge in [-0.2, -0.15) is 0 Å². The zero-order valence-electron chi connectivity index (χ0n) is 10.2. The summed E-state index contributed by atoms with van der Waals surface area (Å²) in [5, 5.41) is 4.08. The number of nitrogens with one attached hydrogen (secondary N) is 1. The van der Waals surface area contributed by atoms with E-state index in [9.17, 15) is 4.79 Å². The SMILES string of the molecule is O=C(Cc1cccc(Cl)c1)N1C[C@H]2CNC[C@H]2C1. The number of halogens is 1. The van der Waals surface area contributed by atoms with Gasteiger partial charge in [0, 0.05) is 31.2 Å². The lowest BCUT2D eigenvalue weighted by Gasteiger charge is -2.17. The maximum absolute atomic E-state index is 12.2. The molecule has 3 rings (SSSR count). The number of hydrogen-bond donors (Lipinski definition) is 1. The highest BCUT2D eigenvalue weighted by atomic mass is 35.5. The Morgan fingerprint density at radius 2 is 2.06 bits per heavy atom. The highest BCUT2D eigenvalue weighted by Gasteiger charge is 2.37. The first-order valence-electron chi connectivity index (χ1n) is 6.45. The van der Waals surface area contributed by atoms with Crippen molar-refractivity contribution in [1.82, 2.24) is 10.2 Å². The molecule has 0 unspecified atom stereocenters. The van der Waals surface area contributed by atoms with Gasteiger partial charge in [0.1, 0.15) is 0 Å². The molecule has 1 amide bonds. The normalized spacial score (nSPS) is 26.4. The van der Waals surface area contributed by atoms with Crippen molar-refractivity contribution in [3.05, 3.63) is 34.9 Å². The van der Waals surface area contributed by atoms with Gasteiger partial charge in [-0.25, -0.2) is 0 Å². The molecule has 1 N–H and O–H groups in total. The molecule has 3 nitrogen and oxygen atoms in total. The van der Waals surface area contributed by atoms with Crippen LogP contribution in [0.4, 0.5) is 0 Å². The van der Waals surface area contributed by atoms with Gasteiger partial charge in [0.25, 0.3) is 0 Å². The summed E-state index contributed by atoms with van der Waals surface area (Å²) in [5.41, 5.74) is 1.00. The number of hydrogen-bond acceptors (Lipinski definition) is 2. The molecule has 0 spiro atoms. The molecule has 0 bridgehead atoms. The fourth-order valence-corrected chi connectivity index (χ4v) is 3.21. The number of carbonyl (C=O) groups is 1. The maximum Gasteiger partial charge on any atom is 0.227 e. The van der Waals surface area contributed by atoms with Crippen molar-refractivity contribution in [3.8, 4) is 0 Å². The smallest absolute Gasteiger partial charge is 0.227 e. The van der Waals surface area contributed by atoms with Crippen LogP contribution in [-0.4, -0.2) is 37.0 Å². The Bertz CT molecular complexity index is 451. The third-order valence-corrected chi connectivity index (χ3v) is 4.22. The van der Waals surface area contributed by atoms with Gasteiger partial charge in [0.05, 0.1) is 6.42 Å². The van der Waals surface area contributed by atoms with E-state index in [1.54, 1.807) is 0 Å². The third kappa shape index (κ3) is 2.38. The van der Waals surface area contributed by atoms with Crippen molar-refractivity contribution in [2.24, 2.45) is 11.8 Å². The third-order valence-electron chi connectivity index (χ3n) is 3.99. The lowest BCUT2D eigenvalue weighted by atomic mass is 10.0. The molecule has 2 aliphatic rings. The van der Waals surface area contributed by atoms with Crippen LogP contribution >= 0.6 is 11.6 Å². The molecule has 1 aromatic rings. The van der Waals surface area contributed by atoms with E-state index in [0.717, 1.165) is 31.7 Å². The highest BCUT2D eigenvalue weighted by Crippen LogP contribution is 2.26. The van der Waals surface area contributed by atoms with E-state index in [2.05, 4.69) is 5.32 Å². The molecular weight excluding hydrogens is 248 g/mol. The minimum Gasteiger partial charge on any atom is -0.342 e. The summed E-state index contributed by atoms with van der Waals surface area (Å²) in [6, 6.07) is 7.56. The molecule has 2 aliphatic heterocycles. The van der Waals surface area contributed by atoms with E-state index in [-0.39, 0.29) is 5.91 Å². The van der Waals surface area contributed by atoms with Crippen molar-refractivity contribution in [2.75, 3.05) is 26.2 Å². The van der Waals surface area contributed by atoms with Crippen molar-refractivity contribution < 1.29 is 4.79 Å². The van der Waals surface area contributed by atoms with E-state index < -0.39 is 0 Å². The first-order chi connectivity index (χ1) is 8.72. The Morgan fingerprint density at radius 1 is 1.33 bits per heavy atom. The molecule has 2 atom stereocenters. The zero-order valence-corrected chi connectivity index (χ0v) is 11.0. The summed E-state index contributed by atoms with van der Waals surface area (Å²) in [7, 11) is 0. The van der Waals surface area contributed by atoms with Crippen molar-refractivity contribution in [3.63, 3.8) is 0 Å². The molecule has 4 heteroatoms. The molecule has 2 fully saturated rings. The molecule has 0 radical (unpaired) electrons. The van der Waals surface area contributed by atoms with E-state index in [1.807, 2.05) is 29.2 Å². The molecule has 96 valence electrons. The molecule has 0 saturated carbocycles. The van der Waals surface area contributed by atoms with Gasteiger partial charge in [-0.1, -0.05) is 23.7 Å². The van der Waals surface area contributed by atoms with Gasteiger partial charge in [0.15, 0.2) is 0 Å². The Labute approximate surface area is 112 Å². The monoisotopic (exact) mass is 264 g/mol. The lowest BCUT2D eigenvalue weighted by Crippen LogP contribution is -2.32. The molecule has 2 heterocycles. The number of rotatable bonds is 2. The molecule has 0 aromatic heterocycles. The highest BCUT2D eigenvalue weighted by molar-refractivity contribution is 6.30. The minimum atomic E-state index is 0.228. The van der Waals surface area contributed by atoms with Crippen molar-refractivity contribution >= 4 is 17.5 Å². The fourth-order valence-electron chi connectivity index (χ4n) is 2.99. The quantitative estimate of drug-likeness (QED) is 0.879. The summed E-state index contributed by atoms with van der Waals surface area (Å²) >= 11 is 5.93. The second-order valence-electron chi connectivity index (χ2n) is 5.28. The van der Waals surface area contributed by atoms with Crippen molar-refractivity contribution in [2.45, 2.75) is 6.42 Å². The number of nitrogens with zero attached hydrogens (tertiary/aromatic N) is 1. The van der Waals surface area contributed by atoms with E-state index in [0.29, 0.717) is 23.3 Å². The van der Waals surface area contributed by atoms with Gasteiger partial charge < -0.3 is 10.2 Å². The summed E-state index contributed by atoms with van der Waals surface area (Å²) in [5.74, 6) is 1.55. The summed E-state index contributed by atoms with van der Waals surface area (Å²) in [6.45, 7) is 3.95. The standard InChI is InChI=1S/C14H17ClN2O/c15-13-3-1-2-10(4-13)5-14(18)17-8-11-6-16-7-12(11)9-17/h1-4,11-12,16H,5-9H2/t11-,12+. The second kappa shape index (κ2) is 4.90. The van der Waals surface area contributed by atoms with Crippen LogP contribution in [-0.2, 0) is 11.2 Å².